The fourth-order valence-corrected chi connectivity index (χ4v) is 2.43. The van der Waals surface area contributed by atoms with Gasteiger partial charge in [-0.1, -0.05) is 25.0 Å². The maximum atomic E-state index is 2.62. The first-order valence-corrected chi connectivity index (χ1v) is 5.56. The topological polar surface area (TPSA) is 3.24 Å². The lowest BCUT2D eigenvalue weighted by molar-refractivity contribution is 0.0898. The van der Waals surface area contributed by atoms with Crippen molar-refractivity contribution in [1.82, 2.24) is 4.90 Å². The molecule has 0 aromatic carbocycles. The molecule has 0 saturated heterocycles. The van der Waals surface area contributed by atoms with Gasteiger partial charge in [-0.05, 0) is 31.6 Å². The zero-order valence-electron chi connectivity index (χ0n) is 8.97. The van der Waals surface area contributed by atoms with Crippen LogP contribution in [0.5, 0.6) is 0 Å². The molecule has 1 heterocycles. The first-order valence-electron chi connectivity index (χ1n) is 5.56. The van der Waals surface area contributed by atoms with Gasteiger partial charge in [-0.15, -0.1) is 0 Å². The summed E-state index contributed by atoms with van der Waals surface area (Å²) in [7, 11) is 0. The van der Waals surface area contributed by atoms with Gasteiger partial charge < -0.3 is 0 Å². The second-order valence-corrected chi connectivity index (χ2v) is 5.20. The minimum atomic E-state index is 0.666. The van der Waals surface area contributed by atoms with Crippen LogP contribution in [0.3, 0.4) is 0 Å². The van der Waals surface area contributed by atoms with E-state index in [1.54, 1.807) is 5.57 Å². The molecule has 1 heteroatoms. The van der Waals surface area contributed by atoms with Crippen molar-refractivity contribution in [2.24, 2.45) is 5.41 Å². The molecule has 1 fully saturated rings. The molecular formula is C12H21N. The van der Waals surface area contributed by atoms with Gasteiger partial charge in [-0.25, -0.2) is 0 Å². The SMILES string of the molecule is CC1=CCN(CC2(C)CCC2)CC1. The first kappa shape index (κ1) is 9.26. The minimum Gasteiger partial charge on any atom is -0.299 e. The second kappa shape index (κ2) is 3.45. The van der Waals surface area contributed by atoms with Crippen LogP contribution in [0.4, 0.5) is 0 Å². The van der Waals surface area contributed by atoms with Gasteiger partial charge in [-0.3, -0.25) is 4.90 Å². The van der Waals surface area contributed by atoms with E-state index in [2.05, 4.69) is 24.8 Å². The van der Waals surface area contributed by atoms with E-state index in [4.69, 9.17) is 0 Å². The number of nitrogens with zero attached hydrogens (tertiary/aromatic N) is 1. The van der Waals surface area contributed by atoms with Crippen molar-refractivity contribution in [2.45, 2.75) is 39.5 Å². The lowest BCUT2D eigenvalue weighted by atomic mass is 9.70. The molecule has 13 heavy (non-hydrogen) atoms. The van der Waals surface area contributed by atoms with Crippen molar-refractivity contribution in [3.63, 3.8) is 0 Å². The molecular weight excluding hydrogens is 158 g/mol. The Balaban J connectivity index is 1.83. The smallest absolute Gasteiger partial charge is 0.0166 e. The van der Waals surface area contributed by atoms with E-state index in [9.17, 15) is 0 Å². The largest absolute Gasteiger partial charge is 0.299 e. The quantitative estimate of drug-likeness (QED) is 0.589. The van der Waals surface area contributed by atoms with Crippen molar-refractivity contribution in [1.29, 1.82) is 0 Å². The van der Waals surface area contributed by atoms with Crippen LogP contribution in [0.1, 0.15) is 39.5 Å². The molecule has 1 nitrogen and oxygen atoms in total. The number of hydrogen-bond donors (Lipinski definition) is 0. The van der Waals surface area contributed by atoms with Gasteiger partial charge in [0.05, 0.1) is 0 Å². The highest BCUT2D eigenvalue weighted by Gasteiger charge is 2.33. The predicted octanol–water partition coefficient (Wildman–Crippen LogP) is 2.83. The molecule has 0 radical (unpaired) electrons. The third-order valence-electron chi connectivity index (χ3n) is 3.69. The summed E-state index contributed by atoms with van der Waals surface area (Å²) < 4.78 is 0. The highest BCUT2D eigenvalue weighted by atomic mass is 15.1. The molecule has 2 aliphatic rings. The average molecular weight is 179 g/mol. The van der Waals surface area contributed by atoms with Crippen LogP contribution in [0.25, 0.3) is 0 Å². The summed E-state index contributed by atoms with van der Waals surface area (Å²) >= 11 is 0. The highest BCUT2D eigenvalue weighted by Crippen LogP contribution is 2.41. The van der Waals surface area contributed by atoms with Crippen LogP contribution >= 0.6 is 0 Å². The lowest BCUT2D eigenvalue weighted by Gasteiger charge is -2.43. The Morgan fingerprint density at radius 1 is 1.46 bits per heavy atom. The standard InChI is InChI=1S/C12H21N/c1-11-4-8-13(9-5-11)10-12(2)6-3-7-12/h4H,3,5-10H2,1-2H3. The fraction of sp³-hybridized carbons (Fsp3) is 0.833. The van der Waals surface area contributed by atoms with E-state index < -0.39 is 0 Å². The zero-order valence-corrected chi connectivity index (χ0v) is 8.97. The Bertz CT molecular complexity index is 213. The lowest BCUT2D eigenvalue weighted by Crippen LogP contribution is -2.41. The molecule has 0 bridgehead atoms. The van der Waals surface area contributed by atoms with Gasteiger partial charge in [0, 0.05) is 19.6 Å². The normalized spacial score (nSPS) is 28.0. The van der Waals surface area contributed by atoms with Gasteiger partial charge in [0.25, 0.3) is 0 Å². The van der Waals surface area contributed by atoms with Crippen LogP contribution in [-0.4, -0.2) is 24.5 Å². The Kier molecular flexibility index (Phi) is 2.46. The summed E-state index contributed by atoms with van der Waals surface area (Å²) in [6.07, 6.45) is 8.04. The first-order chi connectivity index (χ1) is 6.18. The van der Waals surface area contributed by atoms with Gasteiger partial charge >= 0.3 is 0 Å². The fourth-order valence-electron chi connectivity index (χ4n) is 2.43. The summed E-state index contributed by atoms with van der Waals surface area (Å²) in [6, 6.07) is 0. The average Bonchev–Trinajstić information content (AvgIpc) is 2.06. The molecule has 74 valence electrons. The van der Waals surface area contributed by atoms with Gasteiger partial charge in [0.15, 0.2) is 0 Å². The van der Waals surface area contributed by atoms with Crippen molar-refractivity contribution in [2.75, 3.05) is 19.6 Å². The number of rotatable bonds is 2. The van der Waals surface area contributed by atoms with Crippen LogP contribution in [0.15, 0.2) is 11.6 Å². The second-order valence-electron chi connectivity index (χ2n) is 5.20. The van der Waals surface area contributed by atoms with E-state index in [1.165, 1.54) is 45.3 Å². The van der Waals surface area contributed by atoms with Crippen LogP contribution in [-0.2, 0) is 0 Å². The van der Waals surface area contributed by atoms with Crippen molar-refractivity contribution in [3.05, 3.63) is 11.6 Å². The van der Waals surface area contributed by atoms with Gasteiger partial charge in [-0.2, -0.15) is 0 Å². The van der Waals surface area contributed by atoms with E-state index in [1.807, 2.05) is 0 Å². The summed E-state index contributed by atoms with van der Waals surface area (Å²) in [5.41, 5.74) is 2.24. The molecule has 0 atom stereocenters. The summed E-state index contributed by atoms with van der Waals surface area (Å²) in [5, 5.41) is 0. The van der Waals surface area contributed by atoms with Crippen molar-refractivity contribution in [3.8, 4) is 0 Å². The van der Waals surface area contributed by atoms with E-state index >= 15 is 0 Å². The molecule has 1 aliphatic carbocycles. The van der Waals surface area contributed by atoms with E-state index in [0.717, 1.165) is 0 Å². The predicted molar refractivity (Wildman–Crippen MR) is 56.8 cm³/mol. The molecule has 0 N–H and O–H groups in total. The zero-order chi connectivity index (χ0) is 9.31. The van der Waals surface area contributed by atoms with E-state index in [0.29, 0.717) is 5.41 Å². The van der Waals surface area contributed by atoms with Crippen molar-refractivity contribution >= 4 is 0 Å². The molecule has 0 amide bonds. The van der Waals surface area contributed by atoms with Crippen LogP contribution < -0.4 is 0 Å². The Hall–Kier alpha value is -0.300. The van der Waals surface area contributed by atoms with Crippen LogP contribution in [0, 0.1) is 5.41 Å². The summed E-state index contributed by atoms with van der Waals surface area (Å²) in [4.78, 5) is 2.62. The summed E-state index contributed by atoms with van der Waals surface area (Å²) in [5.74, 6) is 0. The molecule has 0 unspecified atom stereocenters. The maximum Gasteiger partial charge on any atom is 0.0166 e. The Morgan fingerprint density at radius 2 is 2.23 bits per heavy atom. The molecule has 1 saturated carbocycles. The third-order valence-corrected chi connectivity index (χ3v) is 3.69. The summed E-state index contributed by atoms with van der Waals surface area (Å²) in [6.45, 7) is 8.51. The number of hydrogen-bond acceptors (Lipinski definition) is 1. The molecule has 0 spiro atoms. The molecule has 2 rings (SSSR count). The van der Waals surface area contributed by atoms with E-state index in [-0.39, 0.29) is 0 Å². The highest BCUT2D eigenvalue weighted by molar-refractivity contribution is 5.04. The minimum absolute atomic E-state index is 0.666. The molecule has 0 aromatic rings. The maximum absolute atomic E-state index is 2.62. The van der Waals surface area contributed by atoms with Gasteiger partial charge in [0.1, 0.15) is 0 Å². The van der Waals surface area contributed by atoms with Gasteiger partial charge in [0.2, 0.25) is 0 Å². The van der Waals surface area contributed by atoms with Crippen molar-refractivity contribution < 1.29 is 0 Å². The molecule has 0 aromatic heterocycles. The van der Waals surface area contributed by atoms with Crippen LogP contribution in [0.2, 0.25) is 0 Å². The Morgan fingerprint density at radius 3 is 2.69 bits per heavy atom. The third kappa shape index (κ3) is 2.14. The molecule has 1 aliphatic heterocycles. The Labute approximate surface area is 81.8 Å². The monoisotopic (exact) mass is 179 g/mol.